The van der Waals surface area contributed by atoms with E-state index >= 15 is 0 Å². The van der Waals surface area contributed by atoms with Crippen LogP contribution >= 0.6 is 20.2 Å². The van der Waals surface area contributed by atoms with Crippen LogP contribution in [0.25, 0.3) is 0 Å². The first kappa shape index (κ1) is 14.3. The number of halogens is 1. The molecule has 3 unspecified atom stereocenters. The van der Waals surface area contributed by atoms with Gasteiger partial charge in [0.2, 0.25) is 5.91 Å². The molecule has 1 amide bonds. The molecule has 20 heavy (non-hydrogen) atoms. The average molecular weight is 316 g/mol. The zero-order valence-corrected chi connectivity index (χ0v) is 13.2. The predicted molar refractivity (Wildman–Crippen MR) is 79.3 cm³/mol. The van der Waals surface area contributed by atoms with Crippen molar-refractivity contribution in [3.8, 4) is 0 Å². The van der Waals surface area contributed by atoms with Crippen LogP contribution < -0.4 is 5.32 Å². The first-order chi connectivity index (χ1) is 9.53. The molecule has 2 aliphatic heterocycles. The summed E-state index contributed by atoms with van der Waals surface area (Å²) in [5.74, 6) is -0.0272. The fourth-order valence-electron chi connectivity index (χ4n) is 3.68. The van der Waals surface area contributed by atoms with Crippen molar-refractivity contribution in [2.24, 2.45) is 5.92 Å². The number of fused-ring (bicyclic) bond motifs is 1. The number of amides is 1. The predicted octanol–water partition coefficient (Wildman–Crippen LogP) is 2.16. The Balaban J connectivity index is 1.86. The lowest BCUT2D eigenvalue weighted by Gasteiger charge is -2.52. The van der Waals surface area contributed by atoms with E-state index in [1.807, 2.05) is 6.92 Å². The minimum absolute atomic E-state index is 0.0860. The Morgan fingerprint density at radius 1 is 1.55 bits per heavy atom. The van der Waals surface area contributed by atoms with Crippen molar-refractivity contribution in [2.45, 2.75) is 49.4 Å². The molecule has 5 atom stereocenters. The summed E-state index contributed by atoms with van der Waals surface area (Å²) in [6.45, 7) is 1.88. The summed E-state index contributed by atoms with van der Waals surface area (Å²) >= 11 is 5.80. The number of hydrogen-bond donors (Lipinski definition) is 1. The summed E-state index contributed by atoms with van der Waals surface area (Å²) in [6, 6.07) is 0. The lowest BCUT2D eigenvalue weighted by molar-refractivity contribution is -0.212. The van der Waals surface area contributed by atoms with Crippen LogP contribution in [-0.4, -0.2) is 34.3 Å². The van der Waals surface area contributed by atoms with Crippen molar-refractivity contribution >= 4 is 32.1 Å². The van der Waals surface area contributed by atoms with E-state index in [2.05, 4.69) is 17.5 Å². The molecule has 2 saturated heterocycles. The van der Waals surface area contributed by atoms with Crippen LogP contribution in [0.2, 0.25) is 0 Å². The molecule has 0 saturated carbocycles. The van der Waals surface area contributed by atoms with Crippen LogP contribution in [0.1, 0.15) is 32.6 Å². The fraction of sp³-hybridized carbons (Fsp3) is 0.714. The lowest BCUT2D eigenvalue weighted by Crippen LogP contribution is -2.75. The van der Waals surface area contributed by atoms with Crippen molar-refractivity contribution < 1.29 is 14.3 Å². The Hall–Kier alpha value is -0.600. The standard InChI is InChI=1S/C14H19ClNO3P/c1-13-10(20-8-15)11(17)16-14(13,12(18)19-13)7-9-5-3-2-4-6-9/h3,5,9-10,20H,2,4,6-8H2,1H3,(H,16,17)/t9?,10-,13-,14?/m0/s1. The Morgan fingerprint density at radius 3 is 2.95 bits per heavy atom. The van der Waals surface area contributed by atoms with Gasteiger partial charge in [0.25, 0.3) is 0 Å². The molecule has 6 heteroatoms. The normalized spacial score (nSPS) is 43.3. The van der Waals surface area contributed by atoms with Gasteiger partial charge in [-0.1, -0.05) is 20.7 Å². The van der Waals surface area contributed by atoms with Gasteiger partial charge in [-0.15, -0.1) is 11.6 Å². The van der Waals surface area contributed by atoms with E-state index in [1.54, 1.807) is 0 Å². The smallest absolute Gasteiger partial charge is 0.336 e. The number of carbonyl (C=O) groups excluding carboxylic acids is 2. The van der Waals surface area contributed by atoms with Crippen molar-refractivity contribution in [1.29, 1.82) is 0 Å². The highest BCUT2D eigenvalue weighted by Crippen LogP contribution is 2.54. The number of nitrogens with one attached hydrogen (secondary N) is 1. The molecule has 2 fully saturated rings. The maximum absolute atomic E-state index is 12.2. The summed E-state index contributed by atoms with van der Waals surface area (Å²) in [6.07, 6.45) is 8.31. The SMILES string of the molecule is C[C@@]12OC(=O)C1(CC1C=CCCC1)NC(=O)[C@@H]2PCCl. The van der Waals surface area contributed by atoms with E-state index < -0.39 is 11.1 Å². The average Bonchev–Trinajstić information content (AvgIpc) is 2.59. The van der Waals surface area contributed by atoms with E-state index in [1.165, 1.54) is 0 Å². The van der Waals surface area contributed by atoms with Gasteiger partial charge >= 0.3 is 5.97 Å². The Labute approximate surface area is 125 Å². The van der Waals surface area contributed by atoms with Gasteiger partial charge in [0.1, 0.15) is 0 Å². The third kappa shape index (κ3) is 1.84. The van der Waals surface area contributed by atoms with Crippen molar-refractivity contribution in [3.05, 3.63) is 12.2 Å². The van der Waals surface area contributed by atoms with Crippen LogP contribution in [0.15, 0.2) is 12.2 Å². The van der Waals surface area contributed by atoms with Crippen molar-refractivity contribution in [3.63, 3.8) is 0 Å². The highest BCUT2D eigenvalue weighted by Gasteiger charge is 2.76. The highest BCUT2D eigenvalue weighted by atomic mass is 35.5. The van der Waals surface area contributed by atoms with Crippen molar-refractivity contribution in [1.82, 2.24) is 5.32 Å². The molecule has 0 radical (unpaired) electrons. The van der Waals surface area contributed by atoms with E-state index in [0.29, 0.717) is 18.0 Å². The number of esters is 1. The second-order valence-electron chi connectivity index (χ2n) is 5.99. The maximum Gasteiger partial charge on any atom is 0.336 e. The van der Waals surface area contributed by atoms with E-state index in [9.17, 15) is 9.59 Å². The Kier molecular flexibility index (Phi) is 3.58. The molecule has 4 nitrogen and oxygen atoms in total. The summed E-state index contributed by atoms with van der Waals surface area (Å²) in [5, 5.41) is 2.94. The summed E-state index contributed by atoms with van der Waals surface area (Å²) in [4.78, 5) is 24.3. The van der Waals surface area contributed by atoms with Crippen LogP contribution in [0.3, 0.4) is 0 Å². The summed E-state index contributed by atoms with van der Waals surface area (Å²) < 4.78 is 5.43. The van der Waals surface area contributed by atoms with E-state index in [0.717, 1.165) is 19.3 Å². The third-order valence-electron chi connectivity index (χ3n) is 4.85. The van der Waals surface area contributed by atoms with Gasteiger partial charge in [-0.2, -0.15) is 0 Å². The molecule has 0 aromatic heterocycles. The molecular formula is C14H19ClNO3P. The maximum atomic E-state index is 12.2. The molecule has 1 N–H and O–H groups in total. The second kappa shape index (κ2) is 4.99. The second-order valence-corrected chi connectivity index (χ2v) is 8.04. The minimum atomic E-state index is -0.833. The van der Waals surface area contributed by atoms with Gasteiger partial charge in [0.05, 0.1) is 5.66 Å². The third-order valence-corrected chi connectivity index (χ3v) is 6.69. The molecule has 3 aliphatic rings. The number of alkyl halides is 1. The first-order valence-corrected chi connectivity index (χ1v) is 8.87. The molecular weight excluding hydrogens is 297 g/mol. The Morgan fingerprint density at radius 2 is 2.35 bits per heavy atom. The van der Waals surface area contributed by atoms with Crippen LogP contribution in [0.4, 0.5) is 0 Å². The number of rotatable bonds is 4. The van der Waals surface area contributed by atoms with Gasteiger partial charge < -0.3 is 10.1 Å². The lowest BCUT2D eigenvalue weighted by atomic mass is 9.70. The molecule has 0 bridgehead atoms. The first-order valence-electron chi connectivity index (χ1n) is 7.05. The quantitative estimate of drug-likeness (QED) is 0.374. The van der Waals surface area contributed by atoms with Gasteiger partial charge in [0.15, 0.2) is 11.1 Å². The number of carbonyl (C=O) groups is 2. The number of ether oxygens (including phenoxy) is 1. The molecule has 0 aromatic carbocycles. The number of hydrogen-bond acceptors (Lipinski definition) is 3. The molecule has 0 spiro atoms. The molecule has 0 aromatic rings. The van der Waals surface area contributed by atoms with Crippen LogP contribution in [0.5, 0.6) is 0 Å². The molecule has 110 valence electrons. The fourth-order valence-corrected chi connectivity index (χ4v) is 5.25. The van der Waals surface area contributed by atoms with E-state index in [-0.39, 0.29) is 26.1 Å². The Bertz CT molecular complexity index is 483. The minimum Gasteiger partial charge on any atom is -0.453 e. The van der Waals surface area contributed by atoms with Gasteiger partial charge in [-0.3, -0.25) is 4.79 Å². The zero-order chi connectivity index (χ0) is 14.4. The molecule has 3 rings (SSSR count). The monoisotopic (exact) mass is 315 g/mol. The molecule has 1 aliphatic carbocycles. The largest absolute Gasteiger partial charge is 0.453 e. The number of allylic oxidation sites excluding steroid dienone is 2. The van der Waals surface area contributed by atoms with Crippen molar-refractivity contribution in [2.75, 3.05) is 5.62 Å². The van der Waals surface area contributed by atoms with Gasteiger partial charge in [-0.05, 0) is 38.5 Å². The summed E-state index contributed by atoms with van der Waals surface area (Å²) in [7, 11) is 0.278. The van der Waals surface area contributed by atoms with E-state index in [4.69, 9.17) is 16.3 Å². The van der Waals surface area contributed by atoms with Crippen LogP contribution in [0, 0.1) is 5.92 Å². The topological polar surface area (TPSA) is 55.4 Å². The van der Waals surface area contributed by atoms with Gasteiger partial charge in [0, 0.05) is 5.62 Å². The summed E-state index contributed by atoms with van der Waals surface area (Å²) in [5.41, 5.74) is -1.44. The molecule has 2 heterocycles. The zero-order valence-electron chi connectivity index (χ0n) is 11.4. The van der Waals surface area contributed by atoms with Gasteiger partial charge in [-0.25, -0.2) is 4.79 Å². The highest BCUT2D eigenvalue weighted by molar-refractivity contribution is 7.42. The van der Waals surface area contributed by atoms with Crippen LogP contribution in [-0.2, 0) is 14.3 Å².